The first-order valence-electron chi connectivity index (χ1n) is 13.2. The summed E-state index contributed by atoms with van der Waals surface area (Å²) in [6, 6.07) is 11.6. The maximum Gasteiger partial charge on any atom is 0.311 e. The maximum absolute atomic E-state index is 13.2. The van der Waals surface area contributed by atoms with Crippen LogP contribution >= 0.6 is 0 Å². The summed E-state index contributed by atoms with van der Waals surface area (Å²) < 4.78 is 21.8. The number of nitrogens with zero attached hydrogens (tertiary/aromatic N) is 1. The standard InChI is InChI=1S/C30H41NO7/c1-19(2)13-14-24(23-11-9-8-10-12-23)22(6)38-30(34)21(5)17-25(32)27-28(26(35-7)15-16-31-27)36-18-37-29(33)20(3)4/h8-12,15-16,19-22,24H,13-14,17-18H2,1-7H3/t21-,22+,24+/m1/s1. The third-order valence-corrected chi connectivity index (χ3v) is 6.27. The zero-order valence-electron chi connectivity index (χ0n) is 23.6. The van der Waals surface area contributed by atoms with Crippen LogP contribution in [0.4, 0.5) is 0 Å². The summed E-state index contributed by atoms with van der Waals surface area (Å²) in [5.41, 5.74) is 1.12. The van der Waals surface area contributed by atoms with E-state index in [9.17, 15) is 14.4 Å². The van der Waals surface area contributed by atoms with Crippen molar-refractivity contribution in [3.05, 3.63) is 53.9 Å². The SMILES string of the molecule is COc1ccnc(C(=O)C[C@@H](C)C(=O)O[C@@H](C)[C@H](CCC(C)C)c2ccccc2)c1OCOC(=O)C(C)C. The van der Waals surface area contributed by atoms with Crippen LogP contribution in [-0.2, 0) is 19.1 Å². The van der Waals surface area contributed by atoms with Crippen LogP contribution in [0.25, 0.3) is 0 Å². The summed E-state index contributed by atoms with van der Waals surface area (Å²) in [5, 5.41) is 0. The van der Waals surface area contributed by atoms with Gasteiger partial charge in [0, 0.05) is 24.6 Å². The molecule has 3 atom stereocenters. The lowest BCUT2D eigenvalue weighted by Crippen LogP contribution is -2.27. The molecule has 0 aliphatic heterocycles. The van der Waals surface area contributed by atoms with E-state index in [2.05, 4.69) is 31.0 Å². The van der Waals surface area contributed by atoms with Crippen LogP contribution in [0, 0.1) is 17.8 Å². The van der Waals surface area contributed by atoms with E-state index in [0.29, 0.717) is 5.92 Å². The van der Waals surface area contributed by atoms with E-state index in [1.54, 1.807) is 20.8 Å². The van der Waals surface area contributed by atoms with E-state index in [1.807, 2.05) is 25.1 Å². The van der Waals surface area contributed by atoms with Crippen LogP contribution in [0.3, 0.4) is 0 Å². The second kappa shape index (κ2) is 15.1. The molecule has 8 nitrogen and oxygen atoms in total. The Morgan fingerprint density at radius 1 is 0.895 bits per heavy atom. The van der Waals surface area contributed by atoms with Gasteiger partial charge in [-0.25, -0.2) is 4.98 Å². The van der Waals surface area contributed by atoms with Crippen LogP contribution in [0.5, 0.6) is 11.5 Å². The third kappa shape index (κ3) is 9.15. The largest absolute Gasteiger partial charge is 0.493 e. The lowest BCUT2D eigenvalue weighted by molar-refractivity contribution is -0.154. The molecule has 8 heteroatoms. The van der Waals surface area contributed by atoms with Crippen molar-refractivity contribution in [1.29, 1.82) is 0 Å². The lowest BCUT2D eigenvalue weighted by Gasteiger charge is -2.26. The molecule has 0 aliphatic carbocycles. The Morgan fingerprint density at radius 2 is 1.58 bits per heavy atom. The maximum atomic E-state index is 13.2. The number of benzene rings is 1. The van der Waals surface area contributed by atoms with E-state index in [1.165, 1.54) is 19.4 Å². The Bertz CT molecular complexity index is 1050. The monoisotopic (exact) mass is 527 g/mol. The van der Waals surface area contributed by atoms with Crippen LogP contribution in [0.2, 0.25) is 0 Å². The van der Waals surface area contributed by atoms with E-state index >= 15 is 0 Å². The molecule has 208 valence electrons. The van der Waals surface area contributed by atoms with Crippen molar-refractivity contribution < 1.29 is 33.3 Å². The Balaban J connectivity index is 2.09. The minimum atomic E-state index is -0.703. The van der Waals surface area contributed by atoms with Crippen LogP contribution in [0.1, 0.15) is 82.8 Å². The summed E-state index contributed by atoms with van der Waals surface area (Å²) in [6.07, 6.45) is 2.83. The fourth-order valence-corrected chi connectivity index (χ4v) is 3.97. The van der Waals surface area contributed by atoms with Crippen LogP contribution in [-0.4, -0.2) is 42.7 Å². The van der Waals surface area contributed by atoms with E-state index in [0.717, 1.165) is 18.4 Å². The predicted molar refractivity (Wildman–Crippen MR) is 144 cm³/mol. The summed E-state index contributed by atoms with van der Waals surface area (Å²) in [5.74, 6) is -1.42. The van der Waals surface area contributed by atoms with Gasteiger partial charge in [0.25, 0.3) is 0 Å². The molecule has 38 heavy (non-hydrogen) atoms. The number of Topliss-reactive ketones (excluding diaryl/α,β-unsaturated/α-hetero) is 1. The van der Waals surface area contributed by atoms with Crippen molar-refractivity contribution in [3.8, 4) is 11.5 Å². The number of rotatable bonds is 15. The molecular formula is C30H41NO7. The van der Waals surface area contributed by atoms with Crippen LogP contribution in [0.15, 0.2) is 42.6 Å². The number of hydrogen-bond acceptors (Lipinski definition) is 8. The predicted octanol–water partition coefficient (Wildman–Crippen LogP) is 5.99. The molecule has 0 aliphatic rings. The van der Waals surface area contributed by atoms with E-state index < -0.39 is 30.4 Å². The van der Waals surface area contributed by atoms with Crippen molar-refractivity contribution in [2.45, 2.75) is 72.8 Å². The van der Waals surface area contributed by atoms with E-state index in [4.69, 9.17) is 18.9 Å². The number of aromatic nitrogens is 1. The highest BCUT2D eigenvalue weighted by atomic mass is 16.7. The molecule has 0 spiro atoms. The fraction of sp³-hybridized carbons (Fsp3) is 0.533. The molecule has 0 radical (unpaired) electrons. The number of ketones is 1. The highest BCUT2D eigenvalue weighted by Crippen LogP contribution is 2.32. The minimum absolute atomic E-state index is 0.00302. The smallest absolute Gasteiger partial charge is 0.311 e. The molecule has 0 N–H and O–H groups in total. The molecule has 0 amide bonds. The average Bonchev–Trinajstić information content (AvgIpc) is 2.88. The molecule has 0 unspecified atom stereocenters. The number of carbonyl (C=O) groups is 3. The highest BCUT2D eigenvalue weighted by Gasteiger charge is 2.28. The number of pyridine rings is 1. The fourth-order valence-electron chi connectivity index (χ4n) is 3.97. The number of hydrogen-bond donors (Lipinski definition) is 0. The Labute approximate surface area is 226 Å². The van der Waals surface area contributed by atoms with Crippen molar-refractivity contribution in [2.24, 2.45) is 17.8 Å². The van der Waals surface area contributed by atoms with Crippen molar-refractivity contribution in [3.63, 3.8) is 0 Å². The molecule has 0 saturated carbocycles. The quantitative estimate of drug-likeness (QED) is 0.158. The normalized spacial score (nSPS) is 13.5. The van der Waals surface area contributed by atoms with Gasteiger partial charge in [0.2, 0.25) is 6.79 Å². The first-order valence-corrected chi connectivity index (χ1v) is 13.2. The number of carbonyl (C=O) groups excluding carboxylic acids is 3. The zero-order valence-corrected chi connectivity index (χ0v) is 23.6. The zero-order chi connectivity index (χ0) is 28.2. The molecular weight excluding hydrogens is 486 g/mol. The Kier molecular flexibility index (Phi) is 12.2. The van der Waals surface area contributed by atoms with Gasteiger partial charge in [-0.1, -0.05) is 71.4 Å². The lowest BCUT2D eigenvalue weighted by atomic mass is 9.87. The first-order chi connectivity index (χ1) is 18.0. The molecule has 0 bridgehead atoms. The summed E-state index contributed by atoms with van der Waals surface area (Å²) in [7, 11) is 1.43. The van der Waals surface area contributed by atoms with Gasteiger partial charge in [-0.05, 0) is 24.8 Å². The van der Waals surface area contributed by atoms with Gasteiger partial charge in [0.15, 0.2) is 23.0 Å². The minimum Gasteiger partial charge on any atom is -0.493 e. The molecule has 0 saturated heterocycles. The number of methoxy groups -OCH3 is 1. The molecule has 2 aromatic rings. The Morgan fingerprint density at radius 3 is 2.18 bits per heavy atom. The van der Waals surface area contributed by atoms with Gasteiger partial charge >= 0.3 is 11.9 Å². The van der Waals surface area contributed by atoms with Gasteiger partial charge in [-0.2, -0.15) is 0 Å². The third-order valence-electron chi connectivity index (χ3n) is 6.27. The first kappa shape index (κ1) is 30.8. The van der Waals surface area contributed by atoms with Gasteiger partial charge in [-0.15, -0.1) is 0 Å². The van der Waals surface area contributed by atoms with Crippen LogP contribution < -0.4 is 9.47 Å². The second-order valence-corrected chi connectivity index (χ2v) is 10.2. The van der Waals surface area contributed by atoms with Crippen molar-refractivity contribution in [2.75, 3.05) is 13.9 Å². The second-order valence-electron chi connectivity index (χ2n) is 10.2. The topological polar surface area (TPSA) is 101 Å². The van der Waals surface area contributed by atoms with Gasteiger partial charge in [-0.3, -0.25) is 14.4 Å². The molecule has 2 rings (SSSR count). The molecule has 1 heterocycles. The van der Waals surface area contributed by atoms with Crippen molar-refractivity contribution in [1.82, 2.24) is 4.98 Å². The number of esters is 2. The molecule has 0 fully saturated rings. The van der Waals surface area contributed by atoms with Gasteiger partial charge in [0.05, 0.1) is 18.9 Å². The highest BCUT2D eigenvalue weighted by molar-refractivity contribution is 5.99. The average molecular weight is 528 g/mol. The summed E-state index contributed by atoms with van der Waals surface area (Å²) >= 11 is 0. The van der Waals surface area contributed by atoms with Crippen molar-refractivity contribution >= 4 is 17.7 Å². The summed E-state index contributed by atoms with van der Waals surface area (Å²) in [4.78, 5) is 42.1. The summed E-state index contributed by atoms with van der Waals surface area (Å²) in [6.45, 7) is 10.9. The molecule has 1 aromatic heterocycles. The van der Waals surface area contributed by atoms with Gasteiger partial charge in [0.1, 0.15) is 6.10 Å². The van der Waals surface area contributed by atoms with E-state index in [-0.39, 0.29) is 41.6 Å². The Hall–Kier alpha value is -3.42. The number of ether oxygens (including phenoxy) is 4. The van der Waals surface area contributed by atoms with Gasteiger partial charge < -0.3 is 18.9 Å². The molecule has 1 aromatic carbocycles.